The second kappa shape index (κ2) is 45.2. The zero-order valence-corrected chi connectivity index (χ0v) is 58.2. The van der Waals surface area contributed by atoms with Crippen LogP contribution in [0.25, 0.3) is 0 Å². The van der Waals surface area contributed by atoms with Crippen molar-refractivity contribution in [3.05, 3.63) is 0 Å². The fraction of sp³-hybridized carbons (Fsp3) is 1.00. The van der Waals surface area contributed by atoms with Gasteiger partial charge in [0.25, 0.3) is 0 Å². The maximum atomic E-state index is 17.7. The molecular weight excluding hydrogens is 1090 g/mol. The molecule has 0 aromatic heterocycles. The van der Waals surface area contributed by atoms with Gasteiger partial charge in [0.15, 0.2) is 13.1 Å². The molecule has 1 rings (SSSR count). The summed E-state index contributed by atoms with van der Waals surface area (Å²) in [6, 6.07) is 0. The number of hydrogen-bond donors (Lipinski definition) is 1. The van der Waals surface area contributed by atoms with Gasteiger partial charge >= 0.3 is 0 Å². The van der Waals surface area contributed by atoms with E-state index in [1.54, 1.807) is 0 Å². The van der Waals surface area contributed by atoms with E-state index < -0.39 is 109 Å². The topological polar surface area (TPSA) is 123 Å². The average molecular weight is 1220 g/mol. The molecule has 0 aliphatic heterocycles. The standard InChI is InChI=1S/C65H130O7S6/c1-13-25-31-37-43-49-56(19-7)73(67)62-55-63(66,74(68)57(20-8)50-44-38-32-26-14-2)65(77(71)60(23-11)53-47-41-35-29-17-5,78(72)61(24-12)54-48-42-36-30-18-6)64(62,75(69)58(21-9)51-45-39-33-27-15-3)76(70)59(22-10)52-46-40-34-28-16-4/h56-62,66H,13-55H2,1-12H3. The SMILES string of the molecule is CCCCCCCC(CC)S(=O)C1CC(O)(S(=O)C(CC)CCCCCCC)C(S(=O)C(CC)CCCCCCC)(S(=O)C(CC)CCCCCCC)C1(S(=O)C(CC)CCCCCCC)S(=O)C(CC)CCCCCCC. The van der Waals surface area contributed by atoms with E-state index in [-0.39, 0.29) is 11.7 Å². The third-order valence-corrected chi connectivity index (χ3v) is 35.2. The molecule has 1 aliphatic carbocycles. The molecule has 0 aromatic rings. The first-order chi connectivity index (χ1) is 37.7. The van der Waals surface area contributed by atoms with Gasteiger partial charge in [-0.1, -0.05) is 276 Å². The summed E-state index contributed by atoms with van der Waals surface area (Å²) in [4.78, 5) is -2.46. The molecular formula is C65H130O7S6. The van der Waals surface area contributed by atoms with Crippen LogP contribution in [0.4, 0.5) is 0 Å². The maximum Gasteiger partial charge on any atom is 0.191 e. The Kier molecular flexibility index (Phi) is 44.6. The number of rotatable bonds is 54. The minimum atomic E-state index is -2.46. The summed E-state index contributed by atoms with van der Waals surface area (Å²) in [6.45, 7) is 25.5. The first-order valence-electron chi connectivity index (χ1n) is 33.8. The molecule has 0 radical (unpaired) electrons. The molecule has 0 bridgehead atoms. The van der Waals surface area contributed by atoms with E-state index in [2.05, 4.69) is 62.3 Å². The molecule has 0 aromatic carbocycles. The second-order valence-electron chi connectivity index (χ2n) is 24.0. The molecule has 0 spiro atoms. The lowest BCUT2D eigenvalue weighted by molar-refractivity contribution is 0.129. The van der Waals surface area contributed by atoms with Crippen molar-refractivity contribution in [2.75, 3.05) is 0 Å². The molecule has 78 heavy (non-hydrogen) atoms. The Hall–Kier alpha value is 0.860. The van der Waals surface area contributed by atoms with Gasteiger partial charge in [-0.05, 0) is 77.0 Å². The molecule has 7 nitrogen and oxygen atoms in total. The lowest BCUT2D eigenvalue weighted by atomic mass is 10.1. The summed E-state index contributed by atoms with van der Waals surface area (Å²) in [6.07, 6.45) is 36.2. The van der Waals surface area contributed by atoms with Crippen LogP contribution in [0.1, 0.15) is 359 Å². The van der Waals surface area contributed by atoms with Crippen LogP contribution in [0, 0.1) is 0 Å². The van der Waals surface area contributed by atoms with Crippen molar-refractivity contribution < 1.29 is 30.4 Å². The lowest BCUT2D eigenvalue weighted by Gasteiger charge is -2.53. The van der Waals surface area contributed by atoms with E-state index in [0.29, 0.717) is 77.0 Å². The summed E-state index contributed by atoms with van der Waals surface area (Å²) in [5.74, 6) is 0. The Balaban J connectivity index is 5.15. The molecule has 14 unspecified atom stereocenters. The molecule has 0 saturated heterocycles. The monoisotopic (exact) mass is 1210 g/mol. The molecule has 14 atom stereocenters. The van der Waals surface area contributed by atoms with Crippen molar-refractivity contribution in [3.63, 3.8) is 0 Å². The van der Waals surface area contributed by atoms with E-state index in [1.165, 1.54) is 0 Å². The zero-order chi connectivity index (χ0) is 58.4. The van der Waals surface area contributed by atoms with Crippen molar-refractivity contribution >= 4 is 64.8 Å². The lowest BCUT2D eigenvalue weighted by Crippen LogP contribution is -2.76. The maximum absolute atomic E-state index is 17.7. The van der Waals surface area contributed by atoms with Crippen molar-refractivity contribution in [2.24, 2.45) is 0 Å². The highest BCUT2D eigenvalue weighted by molar-refractivity contribution is 8.14. The highest BCUT2D eigenvalue weighted by atomic mass is 32.3. The largest absolute Gasteiger partial charge is 0.374 e. The van der Waals surface area contributed by atoms with Crippen LogP contribution in [-0.4, -0.2) is 80.2 Å². The highest BCUT2D eigenvalue weighted by Gasteiger charge is 2.86. The Bertz CT molecular complexity index is 1590. The van der Waals surface area contributed by atoms with Crippen molar-refractivity contribution in [3.8, 4) is 0 Å². The predicted molar refractivity (Wildman–Crippen MR) is 352 cm³/mol. The fourth-order valence-corrected chi connectivity index (χ4v) is 32.2. The van der Waals surface area contributed by atoms with E-state index in [4.69, 9.17) is 0 Å². The molecule has 1 aliphatic rings. The van der Waals surface area contributed by atoms with Crippen molar-refractivity contribution in [2.45, 2.75) is 409 Å². The Morgan fingerprint density at radius 2 is 0.526 bits per heavy atom. The first kappa shape index (κ1) is 76.9. The number of aliphatic hydroxyl groups is 1. The third kappa shape index (κ3) is 22.0. The molecule has 0 heterocycles. The third-order valence-electron chi connectivity index (χ3n) is 18.0. The number of hydrogen-bond acceptors (Lipinski definition) is 7. The molecule has 0 amide bonds. The Labute approximate surface area is 500 Å². The normalized spacial score (nSPS) is 24.5. The van der Waals surface area contributed by atoms with Gasteiger partial charge in [-0.2, -0.15) is 0 Å². The van der Waals surface area contributed by atoms with Gasteiger partial charge in [0, 0.05) is 91.9 Å². The molecule has 1 N–H and O–H groups in total. The van der Waals surface area contributed by atoms with Gasteiger partial charge in [0.05, 0.1) is 16.0 Å². The molecule has 1 saturated carbocycles. The Morgan fingerprint density at radius 3 is 0.769 bits per heavy atom. The summed E-state index contributed by atoms with van der Waals surface area (Å²) in [7, 11) is -13.0. The highest BCUT2D eigenvalue weighted by Crippen LogP contribution is 2.64. The zero-order valence-electron chi connectivity index (χ0n) is 53.3. The summed E-state index contributed by atoms with van der Waals surface area (Å²) in [5.41, 5.74) is 0. The van der Waals surface area contributed by atoms with Crippen LogP contribution >= 0.6 is 0 Å². The Morgan fingerprint density at radius 1 is 0.308 bits per heavy atom. The number of unbranched alkanes of at least 4 members (excludes halogenated alkanes) is 24. The molecule has 1 fully saturated rings. The predicted octanol–water partition coefficient (Wildman–Crippen LogP) is 19.2. The van der Waals surface area contributed by atoms with Crippen LogP contribution in [0.5, 0.6) is 0 Å². The van der Waals surface area contributed by atoms with Crippen LogP contribution in [0.15, 0.2) is 0 Å². The minimum absolute atomic E-state index is 0.320. The van der Waals surface area contributed by atoms with Gasteiger partial charge in [-0.25, -0.2) is 0 Å². The van der Waals surface area contributed by atoms with Gasteiger partial charge in [-0.15, -0.1) is 0 Å². The van der Waals surface area contributed by atoms with Gasteiger partial charge in [0.2, 0.25) is 0 Å². The van der Waals surface area contributed by atoms with Gasteiger partial charge in [-0.3, -0.25) is 25.3 Å². The van der Waals surface area contributed by atoms with E-state index in [9.17, 15) is 0 Å². The first-order valence-corrected chi connectivity index (χ1v) is 41.2. The van der Waals surface area contributed by atoms with Crippen LogP contribution in [0.3, 0.4) is 0 Å². The molecule has 13 heteroatoms. The van der Waals surface area contributed by atoms with Crippen LogP contribution in [0.2, 0.25) is 0 Å². The smallest absolute Gasteiger partial charge is 0.191 e. The van der Waals surface area contributed by atoms with Gasteiger partial charge in [0.1, 0.15) is 0 Å². The second-order valence-corrected chi connectivity index (χ2v) is 35.9. The summed E-state index contributed by atoms with van der Waals surface area (Å²) >= 11 is 0. The summed E-state index contributed by atoms with van der Waals surface area (Å²) < 4.78 is 100.0. The summed E-state index contributed by atoms with van der Waals surface area (Å²) in [5, 5.41) is 10.7. The van der Waals surface area contributed by atoms with E-state index in [1.807, 2.05) is 20.8 Å². The molecule has 468 valence electrons. The quantitative estimate of drug-likeness (QED) is 0.0602. The van der Waals surface area contributed by atoms with Crippen molar-refractivity contribution in [1.82, 2.24) is 0 Å². The average Bonchev–Trinajstić information content (AvgIpc) is 3.92. The van der Waals surface area contributed by atoms with Crippen molar-refractivity contribution in [1.29, 1.82) is 0 Å². The van der Waals surface area contributed by atoms with Crippen LogP contribution < -0.4 is 0 Å². The van der Waals surface area contributed by atoms with Gasteiger partial charge < -0.3 is 5.11 Å². The fourth-order valence-electron chi connectivity index (χ4n) is 12.9. The minimum Gasteiger partial charge on any atom is -0.374 e. The van der Waals surface area contributed by atoms with E-state index >= 15 is 30.4 Å². The van der Waals surface area contributed by atoms with Crippen LogP contribution in [-0.2, 0) is 64.8 Å². The van der Waals surface area contributed by atoms with E-state index in [0.717, 1.165) is 193 Å².